The molecule has 0 atom stereocenters. The third kappa shape index (κ3) is 6.36. The van der Waals surface area contributed by atoms with Gasteiger partial charge >= 0.3 is 6.18 Å². The minimum absolute atomic E-state index is 0.0344. The number of benzene rings is 2. The highest BCUT2D eigenvalue weighted by atomic mass is 19.4. The van der Waals surface area contributed by atoms with Crippen LogP contribution in [0.1, 0.15) is 17.0 Å². The van der Waals surface area contributed by atoms with Crippen LogP contribution >= 0.6 is 0 Å². The van der Waals surface area contributed by atoms with Crippen LogP contribution in [-0.4, -0.2) is 47.8 Å². The Bertz CT molecular complexity index is 1040. The summed E-state index contributed by atoms with van der Waals surface area (Å²) in [6.45, 7) is 0.882. The van der Waals surface area contributed by atoms with Crippen LogP contribution in [0.2, 0.25) is 0 Å². The Morgan fingerprint density at radius 1 is 1.12 bits per heavy atom. The molecular formula is C22H21F4N3O3. The number of carbonyl (C=O) groups excluding carboxylic acids is 1. The van der Waals surface area contributed by atoms with Crippen molar-refractivity contribution in [3.05, 3.63) is 71.4 Å². The van der Waals surface area contributed by atoms with Gasteiger partial charge in [-0.2, -0.15) is 18.2 Å². The van der Waals surface area contributed by atoms with Crippen LogP contribution in [0.4, 0.5) is 17.6 Å². The lowest BCUT2D eigenvalue weighted by atomic mass is 10.1. The molecule has 1 amide bonds. The maximum Gasteiger partial charge on any atom is 0.416 e. The number of ether oxygens (including phenoxy) is 1. The first-order valence-corrected chi connectivity index (χ1v) is 9.77. The zero-order valence-corrected chi connectivity index (χ0v) is 17.2. The molecule has 0 radical (unpaired) electrons. The summed E-state index contributed by atoms with van der Waals surface area (Å²) >= 11 is 0. The van der Waals surface area contributed by atoms with Crippen LogP contribution in [0.5, 0.6) is 0 Å². The van der Waals surface area contributed by atoms with Crippen molar-refractivity contribution in [2.75, 3.05) is 26.8 Å². The van der Waals surface area contributed by atoms with E-state index >= 15 is 0 Å². The van der Waals surface area contributed by atoms with Crippen LogP contribution in [0.3, 0.4) is 0 Å². The zero-order chi connectivity index (χ0) is 23.1. The molecular weight excluding hydrogens is 430 g/mol. The molecule has 10 heteroatoms. The van der Waals surface area contributed by atoms with Crippen LogP contribution in [0.15, 0.2) is 53.1 Å². The largest absolute Gasteiger partial charge is 0.416 e. The molecule has 0 saturated heterocycles. The number of alkyl halides is 3. The normalized spacial score (nSPS) is 11.5. The summed E-state index contributed by atoms with van der Waals surface area (Å²) in [5.41, 5.74) is 0.0420. The molecule has 0 spiro atoms. The van der Waals surface area contributed by atoms with E-state index < -0.39 is 11.7 Å². The van der Waals surface area contributed by atoms with Gasteiger partial charge in [-0.25, -0.2) is 4.39 Å². The fourth-order valence-corrected chi connectivity index (χ4v) is 2.99. The highest BCUT2D eigenvalue weighted by Gasteiger charge is 2.30. The van der Waals surface area contributed by atoms with Crippen molar-refractivity contribution >= 4 is 5.91 Å². The number of amides is 1. The number of aromatic nitrogens is 2. The molecule has 0 N–H and O–H groups in total. The van der Waals surface area contributed by atoms with E-state index in [0.29, 0.717) is 18.7 Å². The second-order valence-electron chi connectivity index (χ2n) is 7.02. The van der Waals surface area contributed by atoms with E-state index in [1.54, 1.807) is 17.0 Å². The molecule has 0 fully saturated rings. The van der Waals surface area contributed by atoms with Gasteiger partial charge < -0.3 is 14.2 Å². The molecule has 2 aromatic carbocycles. The Kier molecular flexibility index (Phi) is 7.57. The molecule has 1 heterocycles. The number of nitrogens with zero attached hydrogens (tertiary/aromatic N) is 3. The third-order valence-corrected chi connectivity index (χ3v) is 4.70. The Balaban J connectivity index is 1.66. The molecule has 3 aromatic rings. The maximum absolute atomic E-state index is 13.1. The summed E-state index contributed by atoms with van der Waals surface area (Å²) in [7, 11) is 1.52. The molecule has 170 valence electrons. The Hall–Kier alpha value is -3.27. The summed E-state index contributed by atoms with van der Waals surface area (Å²) in [6.07, 6.45) is -4.18. The van der Waals surface area contributed by atoms with Gasteiger partial charge in [0.25, 0.3) is 0 Å². The van der Waals surface area contributed by atoms with Crippen molar-refractivity contribution in [1.82, 2.24) is 15.0 Å². The van der Waals surface area contributed by atoms with E-state index in [2.05, 4.69) is 10.1 Å². The van der Waals surface area contributed by atoms with Crippen LogP contribution in [0, 0.1) is 5.82 Å². The van der Waals surface area contributed by atoms with Gasteiger partial charge in [0.1, 0.15) is 5.82 Å². The molecule has 0 aliphatic heterocycles. The van der Waals surface area contributed by atoms with Crippen LogP contribution in [-0.2, 0) is 28.5 Å². The monoisotopic (exact) mass is 451 g/mol. The number of methoxy groups -OCH3 is 1. The Labute approximate surface area is 181 Å². The summed E-state index contributed by atoms with van der Waals surface area (Å²) in [5.74, 6) is -0.349. The van der Waals surface area contributed by atoms with Gasteiger partial charge in [0.15, 0.2) is 0 Å². The minimum atomic E-state index is -4.48. The Morgan fingerprint density at radius 2 is 1.88 bits per heavy atom. The lowest BCUT2D eigenvalue weighted by Gasteiger charge is -2.21. The number of halogens is 4. The van der Waals surface area contributed by atoms with E-state index in [9.17, 15) is 22.4 Å². The van der Waals surface area contributed by atoms with Crippen molar-refractivity contribution in [3.8, 4) is 11.4 Å². The molecule has 0 saturated carbocycles. The van der Waals surface area contributed by atoms with E-state index in [-0.39, 0.29) is 48.4 Å². The maximum atomic E-state index is 13.1. The average molecular weight is 451 g/mol. The summed E-state index contributed by atoms with van der Waals surface area (Å²) in [5, 5.41) is 3.75. The van der Waals surface area contributed by atoms with Crippen LogP contribution in [0.25, 0.3) is 11.4 Å². The standard InChI is InChI=1S/C22H21F4N3O3/c1-31-12-11-29(20(30)13-15-5-7-18(23)8-6-15)10-9-19-27-21(28-32-19)16-3-2-4-17(14-16)22(24,25)26/h2-8,14H,9-13H2,1H3. The van der Waals surface area contributed by atoms with Gasteiger partial charge in [-0.05, 0) is 29.8 Å². The van der Waals surface area contributed by atoms with Gasteiger partial charge in [-0.3, -0.25) is 4.79 Å². The number of hydrogen-bond donors (Lipinski definition) is 0. The highest BCUT2D eigenvalue weighted by molar-refractivity contribution is 5.78. The summed E-state index contributed by atoms with van der Waals surface area (Å²) < 4.78 is 62.0. The first-order valence-electron chi connectivity index (χ1n) is 9.77. The second-order valence-corrected chi connectivity index (χ2v) is 7.02. The Morgan fingerprint density at radius 3 is 2.56 bits per heavy atom. The molecule has 3 rings (SSSR count). The van der Waals surface area contributed by atoms with E-state index in [1.165, 1.54) is 31.4 Å². The van der Waals surface area contributed by atoms with E-state index in [4.69, 9.17) is 9.26 Å². The van der Waals surface area contributed by atoms with Gasteiger partial charge in [0.2, 0.25) is 17.6 Å². The molecule has 32 heavy (non-hydrogen) atoms. The smallest absolute Gasteiger partial charge is 0.383 e. The second kappa shape index (κ2) is 10.4. The fraction of sp³-hybridized carbons (Fsp3) is 0.318. The van der Waals surface area contributed by atoms with Gasteiger partial charge in [-0.15, -0.1) is 0 Å². The molecule has 6 nitrogen and oxygen atoms in total. The number of carbonyl (C=O) groups is 1. The van der Waals surface area contributed by atoms with Crippen molar-refractivity contribution in [2.24, 2.45) is 0 Å². The quantitative estimate of drug-likeness (QED) is 0.457. The van der Waals surface area contributed by atoms with Crippen LogP contribution < -0.4 is 0 Å². The molecule has 0 aliphatic carbocycles. The molecule has 1 aromatic heterocycles. The van der Waals surface area contributed by atoms with Crippen molar-refractivity contribution in [1.29, 1.82) is 0 Å². The molecule has 0 bridgehead atoms. The first kappa shape index (κ1) is 23.4. The minimum Gasteiger partial charge on any atom is -0.383 e. The van der Waals surface area contributed by atoms with Gasteiger partial charge in [-0.1, -0.05) is 29.4 Å². The third-order valence-electron chi connectivity index (χ3n) is 4.70. The SMILES string of the molecule is COCCN(CCc1nc(-c2cccc(C(F)(F)F)c2)no1)C(=O)Cc1ccc(F)cc1. The predicted octanol–water partition coefficient (Wildman–Crippen LogP) is 4.15. The van der Waals surface area contributed by atoms with E-state index in [1.807, 2.05) is 0 Å². The summed E-state index contributed by atoms with van der Waals surface area (Å²) in [4.78, 5) is 18.4. The molecule has 0 aliphatic rings. The van der Waals surface area contributed by atoms with Gasteiger partial charge in [0, 0.05) is 32.2 Å². The lowest BCUT2D eigenvalue weighted by Crippen LogP contribution is -2.36. The first-order chi connectivity index (χ1) is 15.3. The predicted molar refractivity (Wildman–Crippen MR) is 107 cm³/mol. The topological polar surface area (TPSA) is 68.5 Å². The van der Waals surface area contributed by atoms with Crippen molar-refractivity contribution < 1.29 is 31.6 Å². The lowest BCUT2D eigenvalue weighted by molar-refractivity contribution is -0.137. The van der Waals surface area contributed by atoms with E-state index in [0.717, 1.165) is 12.1 Å². The highest BCUT2D eigenvalue weighted by Crippen LogP contribution is 2.31. The van der Waals surface area contributed by atoms with Crippen molar-refractivity contribution in [2.45, 2.75) is 19.0 Å². The fourth-order valence-electron chi connectivity index (χ4n) is 2.99. The molecule has 0 unspecified atom stereocenters. The number of rotatable bonds is 9. The van der Waals surface area contributed by atoms with Crippen molar-refractivity contribution in [3.63, 3.8) is 0 Å². The summed E-state index contributed by atoms with van der Waals surface area (Å²) in [6, 6.07) is 10.3. The van der Waals surface area contributed by atoms with Gasteiger partial charge in [0.05, 0.1) is 18.6 Å². The number of hydrogen-bond acceptors (Lipinski definition) is 5. The average Bonchev–Trinajstić information content (AvgIpc) is 3.24. The zero-order valence-electron chi connectivity index (χ0n) is 17.2.